The second-order valence-electron chi connectivity index (χ2n) is 8.66. The Hall–Kier alpha value is -3.74. The lowest BCUT2D eigenvalue weighted by Crippen LogP contribution is -2.48. The Kier molecular flexibility index (Phi) is 5.54. The molecule has 168 valence electrons. The van der Waals surface area contributed by atoms with Gasteiger partial charge in [-0.2, -0.15) is 5.10 Å². The molecule has 6 nitrogen and oxygen atoms in total. The van der Waals surface area contributed by atoms with Gasteiger partial charge in [0.1, 0.15) is 11.4 Å². The van der Waals surface area contributed by atoms with Crippen LogP contribution in [0.4, 0.5) is 10.1 Å². The molecule has 2 aromatic heterocycles. The van der Waals surface area contributed by atoms with Crippen molar-refractivity contribution in [1.82, 2.24) is 19.5 Å². The van der Waals surface area contributed by atoms with Gasteiger partial charge in [0.25, 0.3) is 5.91 Å². The van der Waals surface area contributed by atoms with Crippen molar-refractivity contribution in [2.24, 2.45) is 0 Å². The number of halogens is 1. The summed E-state index contributed by atoms with van der Waals surface area (Å²) in [5.41, 5.74) is 5.24. The minimum Gasteiger partial charge on any atom is -0.368 e. The zero-order valence-electron chi connectivity index (χ0n) is 18.8. The third-order valence-electron chi connectivity index (χ3n) is 6.26. The predicted molar refractivity (Wildman–Crippen MR) is 127 cm³/mol. The monoisotopic (exact) mass is 443 g/mol. The van der Waals surface area contributed by atoms with Crippen molar-refractivity contribution in [3.63, 3.8) is 0 Å². The van der Waals surface area contributed by atoms with Crippen LogP contribution in [-0.4, -0.2) is 51.6 Å². The molecule has 3 heterocycles. The minimum absolute atomic E-state index is 0.0661. The number of hydrogen-bond donors (Lipinski definition) is 0. The Balaban J connectivity index is 1.36. The molecule has 33 heavy (non-hydrogen) atoms. The molecule has 0 spiro atoms. The van der Waals surface area contributed by atoms with E-state index in [-0.39, 0.29) is 11.7 Å². The summed E-state index contributed by atoms with van der Waals surface area (Å²) < 4.78 is 15.0. The molecule has 1 fully saturated rings. The van der Waals surface area contributed by atoms with Crippen molar-refractivity contribution >= 4 is 17.2 Å². The van der Waals surface area contributed by atoms with Gasteiger partial charge in [-0.25, -0.2) is 13.9 Å². The Labute approximate surface area is 192 Å². The van der Waals surface area contributed by atoms with Crippen molar-refractivity contribution < 1.29 is 9.18 Å². The van der Waals surface area contributed by atoms with Crippen LogP contribution in [0.5, 0.6) is 0 Å². The van der Waals surface area contributed by atoms with Gasteiger partial charge in [0.05, 0.1) is 11.9 Å². The third kappa shape index (κ3) is 4.06. The van der Waals surface area contributed by atoms with Crippen molar-refractivity contribution in [2.45, 2.75) is 19.8 Å². The molecule has 1 aliphatic heterocycles. The molecule has 2 aromatic carbocycles. The first-order chi connectivity index (χ1) is 16.0. The fourth-order valence-electron chi connectivity index (χ4n) is 4.29. The van der Waals surface area contributed by atoms with Crippen molar-refractivity contribution in [3.05, 3.63) is 83.9 Å². The summed E-state index contributed by atoms with van der Waals surface area (Å²) in [6.07, 6.45) is 3.34. The second-order valence-corrected chi connectivity index (χ2v) is 8.66. The fraction of sp³-hybridized carbons (Fsp3) is 0.269. The smallest absolute Gasteiger partial charge is 0.259 e. The van der Waals surface area contributed by atoms with Crippen molar-refractivity contribution in [1.29, 1.82) is 0 Å². The van der Waals surface area contributed by atoms with E-state index in [1.54, 1.807) is 29.0 Å². The Bertz CT molecular complexity index is 1270. The summed E-state index contributed by atoms with van der Waals surface area (Å²) in [7, 11) is 0. The average molecular weight is 444 g/mol. The maximum absolute atomic E-state index is 13.3. The molecule has 0 atom stereocenters. The van der Waals surface area contributed by atoms with Gasteiger partial charge in [0.2, 0.25) is 0 Å². The number of fused-ring (bicyclic) bond motifs is 1. The maximum atomic E-state index is 13.3. The first-order valence-corrected chi connectivity index (χ1v) is 11.2. The topological polar surface area (TPSA) is 53.7 Å². The number of piperazine rings is 1. The van der Waals surface area contributed by atoms with E-state index < -0.39 is 0 Å². The van der Waals surface area contributed by atoms with E-state index in [2.05, 4.69) is 53.1 Å². The zero-order valence-corrected chi connectivity index (χ0v) is 18.8. The number of carbonyl (C=O) groups is 1. The summed E-state index contributed by atoms with van der Waals surface area (Å²) in [5, 5.41) is 4.50. The van der Waals surface area contributed by atoms with Crippen molar-refractivity contribution in [3.8, 4) is 11.3 Å². The number of hydrogen-bond acceptors (Lipinski definition) is 4. The molecule has 0 unspecified atom stereocenters. The standard InChI is InChI=1S/C26H26FN5O/c1-18(2)19-3-5-20(6-4-19)24-11-12-28-25-23(17-29-32(24)25)26(33)31-15-13-30(14-16-31)22-9-7-21(27)8-10-22/h3-12,17-18H,13-16H2,1-2H3. The van der Waals surface area contributed by atoms with Crippen LogP contribution in [0.25, 0.3) is 16.9 Å². The number of carbonyl (C=O) groups excluding carboxylic acids is 1. The largest absolute Gasteiger partial charge is 0.368 e. The molecule has 4 aromatic rings. The van der Waals surface area contributed by atoms with Crippen LogP contribution in [0.1, 0.15) is 35.7 Å². The molecule has 1 aliphatic rings. The maximum Gasteiger partial charge on any atom is 0.259 e. The highest BCUT2D eigenvalue weighted by Crippen LogP contribution is 2.25. The highest BCUT2D eigenvalue weighted by atomic mass is 19.1. The molecule has 1 saturated heterocycles. The van der Waals surface area contributed by atoms with Crippen LogP contribution in [0.3, 0.4) is 0 Å². The summed E-state index contributed by atoms with van der Waals surface area (Å²) >= 11 is 0. The van der Waals surface area contributed by atoms with Gasteiger partial charge >= 0.3 is 0 Å². The number of nitrogens with zero attached hydrogens (tertiary/aromatic N) is 5. The van der Waals surface area contributed by atoms with Crippen LogP contribution >= 0.6 is 0 Å². The third-order valence-corrected chi connectivity index (χ3v) is 6.26. The van der Waals surface area contributed by atoms with E-state index in [9.17, 15) is 9.18 Å². The predicted octanol–water partition coefficient (Wildman–Crippen LogP) is 4.62. The lowest BCUT2D eigenvalue weighted by molar-refractivity contribution is 0.0748. The van der Waals surface area contributed by atoms with E-state index in [0.29, 0.717) is 43.3 Å². The van der Waals surface area contributed by atoms with Gasteiger partial charge in [-0.1, -0.05) is 38.1 Å². The molecule has 0 aliphatic carbocycles. The van der Waals surface area contributed by atoms with E-state index in [1.807, 2.05) is 11.0 Å². The van der Waals surface area contributed by atoms with Crippen LogP contribution in [0.15, 0.2) is 67.0 Å². The highest BCUT2D eigenvalue weighted by molar-refractivity contribution is 6.00. The number of benzene rings is 2. The lowest BCUT2D eigenvalue weighted by Gasteiger charge is -2.36. The zero-order chi connectivity index (χ0) is 22.9. The minimum atomic E-state index is -0.247. The number of aromatic nitrogens is 3. The molecule has 0 radical (unpaired) electrons. The summed E-state index contributed by atoms with van der Waals surface area (Å²) in [6, 6.07) is 16.8. The Morgan fingerprint density at radius 2 is 1.64 bits per heavy atom. The van der Waals surface area contributed by atoms with Gasteiger partial charge in [-0.15, -0.1) is 0 Å². The molecule has 7 heteroatoms. The lowest BCUT2D eigenvalue weighted by atomic mass is 10.0. The molecule has 5 rings (SSSR count). The van der Waals surface area contributed by atoms with Gasteiger partial charge in [-0.05, 0) is 41.8 Å². The summed E-state index contributed by atoms with van der Waals surface area (Å²) in [4.78, 5) is 21.8. The van der Waals surface area contributed by atoms with Crippen LogP contribution < -0.4 is 4.90 Å². The summed E-state index contributed by atoms with van der Waals surface area (Å²) in [6.45, 7) is 6.90. The quantitative estimate of drug-likeness (QED) is 0.462. The molecule has 0 saturated carbocycles. The van der Waals surface area contributed by atoms with E-state index >= 15 is 0 Å². The first kappa shape index (κ1) is 21.1. The van der Waals surface area contributed by atoms with Crippen LogP contribution in [0, 0.1) is 5.82 Å². The second kappa shape index (κ2) is 8.65. The molecule has 1 amide bonds. The Morgan fingerprint density at radius 1 is 0.939 bits per heavy atom. The van der Waals surface area contributed by atoms with Gasteiger partial charge in [-0.3, -0.25) is 4.79 Å². The highest BCUT2D eigenvalue weighted by Gasteiger charge is 2.25. The molecule has 0 bridgehead atoms. The SMILES string of the molecule is CC(C)c1ccc(-c2ccnc3c(C(=O)N4CCN(c5ccc(F)cc5)CC4)cnn23)cc1. The summed E-state index contributed by atoms with van der Waals surface area (Å²) in [5.74, 6) is 0.154. The number of amides is 1. The Morgan fingerprint density at radius 3 is 2.30 bits per heavy atom. The van der Waals surface area contributed by atoms with Gasteiger partial charge in [0.15, 0.2) is 5.65 Å². The van der Waals surface area contributed by atoms with Crippen LogP contribution in [0.2, 0.25) is 0 Å². The first-order valence-electron chi connectivity index (χ1n) is 11.2. The number of anilines is 1. The molecular weight excluding hydrogens is 417 g/mol. The van der Waals surface area contributed by atoms with E-state index in [1.165, 1.54) is 17.7 Å². The van der Waals surface area contributed by atoms with Gasteiger partial charge < -0.3 is 9.80 Å². The fourth-order valence-corrected chi connectivity index (χ4v) is 4.29. The number of rotatable bonds is 4. The van der Waals surface area contributed by atoms with Crippen LogP contribution in [-0.2, 0) is 0 Å². The van der Waals surface area contributed by atoms with Gasteiger partial charge in [0, 0.05) is 43.6 Å². The molecular formula is C26H26FN5O. The normalized spacial score (nSPS) is 14.3. The average Bonchev–Trinajstić information content (AvgIpc) is 3.29. The van der Waals surface area contributed by atoms with E-state index in [4.69, 9.17) is 0 Å². The van der Waals surface area contributed by atoms with E-state index in [0.717, 1.165) is 16.9 Å². The van der Waals surface area contributed by atoms with Crippen molar-refractivity contribution in [2.75, 3.05) is 31.1 Å². The molecule has 0 N–H and O–H groups in total.